The zero-order valence-corrected chi connectivity index (χ0v) is 17.2. The second kappa shape index (κ2) is 9.84. The van der Waals surface area contributed by atoms with Crippen molar-refractivity contribution in [3.8, 4) is 17.2 Å². The molecular weight excluding hydrogens is 408 g/mol. The van der Waals surface area contributed by atoms with E-state index in [0.717, 1.165) is 5.56 Å². The minimum absolute atomic E-state index is 0.0349. The van der Waals surface area contributed by atoms with Gasteiger partial charge in [-0.1, -0.05) is 18.2 Å². The van der Waals surface area contributed by atoms with Gasteiger partial charge in [-0.25, -0.2) is 4.99 Å². The van der Waals surface area contributed by atoms with Gasteiger partial charge in [0.25, 0.3) is 5.91 Å². The van der Waals surface area contributed by atoms with E-state index in [4.69, 9.17) is 19.3 Å². The number of carboxylic acid groups (broad SMARTS) is 1. The van der Waals surface area contributed by atoms with Crippen LogP contribution < -0.4 is 19.5 Å². The van der Waals surface area contributed by atoms with Gasteiger partial charge in [0.15, 0.2) is 16.7 Å². The maximum atomic E-state index is 12.3. The van der Waals surface area contributed by atoms with Crippen LogP contribution in [0.5, 0.6) is 17.2 Å². The summed E-state index contributed by atoms with van der Waals surface area (Å²) in [6.07, 6.45) is 1.61. The van der Waals surface area contributed by atoms with Crippen LogP contribution in [-0.2, 0) is 9.59 Å². The molecule has 2 aromatic carbocycles. The Kier molecular flexibility index (Phi) is 6.97. The van der Waals surface area contributed by atoms with E-state index in [-0.39, 0.29) is 18.9 Å². The summed E-state index contributed by atoms with van der Waals surface area (Å²) in [6.45, 7) is 0.0349. The summed E-state index contributed by atoms with van der Waals surface area (Å²) in [5, 5.41) is 11.9. The topological polar surface area (TPSA) is 106 Å². The molecular formula is C21H20N2O6S. The highest BCUT2D eigenvalue weighted by molar-refractivity contribution is 8.18. The molecule has 8 nitrogen and oxygen atoms in total. The van der Waals surface area contributed by atoms with Crippen molar-refractivity contribution in [1.82, 2.24) is 5.32 Å². The molecule has 0 radical (unpaired) electrons. The number of aliphatic carboxylic acids is 1. The molecule has 0 bridgehead atoms. The lowest BCUT2D eigenvalue weighted by molar-refractivity contribution is -0.137. The molecule has 1 heterocycles. The Morgan fingerprint density at radius 1 is 1.13 bits per heavy atom. The molecule has 1 saturated heterocycles. The summed E-state index contributed by atoms with van der Waals surface area (Å²) in [6, 6.07) is 12.4. The highest BCUT2D eigenvalue weighted by atomic mass is 32.2. The number of amides is 1. The Labute approximate surface area is 177 Å². The summed E-state index contributed by atoms with van der Waals surface area (Å²) in [4.78, 5) is 27.9. The minimum Gasteiger partial charge on any atom is -0.494 e. The lowest BCUT2D eigenvalue weighted by Crippen LogP contribution is -2.19. The fourth-order valence-corrected chi connectivity index (χ4v) is 3.44. The maximum absolute atomic E-state index is 12.3. The largest absolute Gasteiger partial charge is 0.494 e. The number of carbonyl (C=O) groups is 2. The molecule has 0 atom stereocenters. The number of ether oxygens (including phenoxy) is 3. The van der Waals surface area contributed by atoms with E-state index in [1.165, 1.54) is 18.9 Å². The molecule has 1 fully saturated rings. The first-order valence-electron chi connectivity index (χ1n) is 8.95. The van der Waals surface area contributed by atoms with Crippen molar-refractivity contribution in [3.63, 3.8) is 0 Å². The van der Waals surface area contributed by atoms with E-state index in [0.29, 0.717) is 33.0 Å². The van der Waals surface area contributed by atoms with Gasteiger partial charge in [-0.15, -0.1) is 0 Å². The molecule has 0 aromatic heterocycles. The third-order valence-corrected chi connectivity index (χ3v) is 4.93. The molecule has 3 rings (SSSR count). The summed E-state index contributed by atoms with van der Waals surface area (Å²) in [5.74, 6) is 0.295. The normalized spacial score (nSPS) is 15.9. The lowest BCUT2D eigenvalue weighted by atomic mass is 10.2. The number of carboxylic acids is 1. The molecule has 2 aromatic rings. The zero-order chi connectivity index (χ0) is 21.5. The highest BCUT2D eigenvalue weighted by Crippen LogP contribution is 2.34. The number of benzene rings is 2. The number of carbonyl (C=O) groups excluding carboxylic acids is 1. The van der Waals surface area contributed by atoms with Gasteiger partial charge in [0.05, 0.1) is 32.2 Å². The third kappa shape index (κ3) is 5.32. The van der Waals surface area contributed by atoms with Gasteiger partial charge in [-0.2, -0.15) is 0 Å². The van der Waals surface area contributed by atoms with Gasteiger partial charge in [0.1, 0.15) is 11.4 Å². The van der Waals surface area contributed by atoms with Crippen LogP contribution in [0.4, 0.5) is 5.69 Å². The number of amidine groups is 1. The number of rotatable bonds is 8. The predicted molar refractivity (Wildman–Crippen MR) is 115 cm³/mol. The number of hydrogen-bond acceptors (Lipinski definition) is 7. The Balaban J connectivity index is 1.77. The SMILES string of the molecule is COc1ccccc1N=C1NC(=O)/C(=C\c2ccc(OCCC(=O)O)c(OC)c2)S1. The number of nitrogens with one attached hydrogen (secondary N) is 1. The van der Waals surface area contributed by atoms with Crippen LogP contribution in [-0.4, -0.2) is 43.0 Å². The minimum atomic E-state index is -0.940. The van der Waals surface area contributed by atoms with Crippen LogP contribution >= 0.6 is 11.8 Å². The Morgan fingerprint density at radius 3 is 2.63 bits per heavy atom. The van der Waals surface area contributed by atoms with Gasteiger partial charge in [0.2, 0.25) is 0 Å². The van der Waals surface area contributed by atoms with E-state index in [9.17, 15) is 9.59 Å². The monoisotopic (exact) mass is 428 g/mol. The second-order valence-corrected chi connectivity index (χ2v) is 7.09. The number of thioether (sulfide) groups is 1. The first kappa shape index (κ1) is 21.3. The third-order valence-electron chi connectivity index (χ3n) is 4.02. The first-order chi connectivity index (χ1) is 14.5. The Bertz CT molecular complexity index is 1020. The molecule has 30 heavy (non-hydrogen) atoms. The quantitative estimate of drug-likeness (QED) is 0.620. The van der Waals surface area contributed by atoms with E-state index in [1.807, 2.05) is 12.1 Å². The summed E-state index contributed by atoms with van der Waals surface area (Å²) in [7, 11) is 3.05. The lowest BCUT2D eigenvalue weighted by Gasteiger charge is -2.10. The van der Waals surface area contributed by atoms with Crippen molar-refractivity contribution in [3.05, 3.63) is 52.9 Å². The molecule has 1 amide bonds. The van der Waals surface area contributed by atoms with Crippen LogP contribution in [0.25, 0.3) is 6.08 Å². The molecule has 156 valence electrons. The first-order valence-corrected chi connectivity index (χ1v) is 9.77. The molecule has 0 saturated carbocycles. The average molecular weight is 428 g/mol. The van der Waals surface area contributed by atoms with Gasteiger partial charge < -0.3 is 24.6 Å². The van der Waals surface area contributed by atoms with Crippen LogP contribution in [0.1, 0.15) is 12.0 Å². The van der Waals surface area contributed by atoms with Gasteiger partial charge in [-0.3, -0.25) is 9.59 Å². The highest BCUT2D eigenvalue weighted by Gasteiger charge is 2.24. The molecule has 9 heteroatoms. The van der Waals surface area contributed by atoms with E-state index >= 15 is 0 Å². The number of methoxy groups -OCH3 is 2. The van der Waals surface area contributed by atoms with Gasteiger partial charge >= 0.3 is 5.97 Å². The standard InChI is InChI=1S/C21H20N2O6S/c1-27-15-6-4-3-5-14(15)22-21-23-20(26)18(30-21)12-13-7-8-16(17(11-13)28-2)29-10-9-19(24)25/h3-8,11-12H,9-10H2,1-2H3,(H,24,25)(H,22,23,26)/b18-12+. The van der Waals surface area contributed by atoms with E-state index in [2.05, 4.69) is 10.3 Å². The number of hydrogen-bond donors (Lipinski definition) is 2. The van der Waals surface area contributed by atoms with Crippen LogP contribution in [0.2, 0.25) is 0 Å². The van der Waals surface area contributed by atoms with Crippen molar-refractivity contribution in [2.75, 3.05) is 20.8 Å². The Hall–Kier alpha value is -3.46. The summed E-state index contributed by atoms with van der Waals surface area (Å²) in [5.41, 5.74) is 1.35. The fraction of sp³-hybridized carbons (Fsp3) is 0.190. The average Bonchev–Trinajstić information content (AvgIpc) is 3.07. The Morgan fingerprint density at radius 2 is 1.90 bits per heavy atom. The molecule has 1 aliphatic heterocycles. The fourth-order valence-electron chi connectivity index (χ4n) is 2.60. The maximum Gasteiger partial charge on any atom is 0.306 e. The van der Waals surface area contributed by atoms with Crippen molar-refractivity contribution in [1.29, 1.82) is 0 Å². The number of nitrogens with zero attached hydrogens (tertiary/aromatic N) is 1. The van der Waals surface area contributed by atoms with Gasteiger partial charge in [-0.05, 0) is 47.7 Å². The smallest absolute Gasteiger partial charge is 0.306 e. The van der Waals surface area contributed by atoms with Crippen molar-refractivity contribution >= 4 is 40.6 Å². The molecule has 0 aliphatic carbocycles. The molecule has 2 N–H and O–H groups in total. The van der Waals surface area contributed by atoms with Crippen LogP contribution in [0.15, 0.2) is 52.4 Å². The molecule has 0 spiro atoms. The van der Waals surface area contributed by atoms with Crippen LogP contribution in [0, 0.1) is 0 Å². The van der Waals surface area contributed by atoms with Crippen molar-refractivity contribution < 1.29 is 28.9 Å². The number of para-hydroxylation sites is 2. The van der Waals surface area contributed by atoms with Crippen molar-refractivity contribution in [2.45, 2.75) is 6.42 Å². The zero-order valence-electron chi connectivity index (χ0n) is 16.4. The van der Waals surface area contributed by atoms with Crippen molar-refractivity contribution in [2.24, 2.45) is 4.99 Å². The van der Waals surface area contributed by atoms with Crippen LogP contribution in [0.3, 0.4) is 0 Å². The number of aliphatic imine (C=N–C) groups is 1. The molecule has 1 aliphatic rings. The van der Waals surface area contributed by atoms with E-state index in [1.54, 1.807) is 43.5 Å². The molecule has 0 unspecified atom stereocenters. The summed E-state index contributed by atoms with van der Waals surface area (Å²) < 4.78 is 16.0. The van der Waals surface area contributed by atoms with E-state index < -0.39 is 5.97 Å². The summed E-state index contributed by atoms with van der Waals surface area (Å²) >= 11 is 1.22. The predicted octanol–water partition coefficient (Wildman–Crippen LogP) is 3.45. The second-order valence-electron chi connectivity index (χ2n) is 6.06. The van der Waals surface area contributed by atoms with Gasteiger partial charge in [0, 0.05) is 0 Å².